The zero-order chi connectivity index (χ0) is 20.8. The summed E-state index contributed by atoms with van der Waals surface area (Å²) in [5.74, 6) is -0.116. The average molecular weight is 402 g/mol. The van der Waals surface area contributed by atoms with Gasteiger partial charge in [0.1, 0.15) is 6.10 Å². The van der Waals surface area contributed by atoms with Crippen molar-refractivity contribution in [2.45, 2.75) is 26.9 Å². The van der Waals surface area contributed by atoms with Crippen molar-refractivity contribution in [2.75, 3.05) is 0 Å². The van der Waals surface area contributed by atoms with Crippen LogP contribution in [0.15, 0.2) is 97.1 Å². The summed E-state index contributed by atoms with van der Waals surface area (Å²) < 4.78 is 5.89. The minimum absolute atomic E-state index is 0.174. The predicted octanol–water partition coefficient (Wildman–Crippen LogP) is 5.20. The summed E-state index contributed by atoms with van der Waals surface area (Å²) in [4.78, 5) is 13.2. The van der Waals surface area contributed by atoms with Crippen molar-refractivity contribution in [3.05, 3.63) is 103 Å². The maximum Gasteiger partial charge on any atom is 0.339 e. The molecule has 0 aliphatic carbocycles. The highest BCUT2D eigenvalue weighted by atomic mass is 31.1. The number of esters is 1. The molecule has 2 nitrogen and oxygen atoms in total. The lowest BCUT2D eigenvalue weighted by atomic mass is 10.0. The van der Waals surface area contributed by atoms with Crippen LogP contribution in [0.2, 0.25) is 0 Å². The SMILES string of the molecule is C=C(C)[C@H](OC(=O)c1ccccc1P(c1ccccc1)c1ccccc1)C(C)C. The molecular weight excluding hydrogens is 375 g/mol. The largest absolute Gasteiger partial charge is 0.454 e. The third-order valence-electron chi connectivity index (χ3n) is 4.72. The fourth-order valence-electron chi connectivity index (χ4n) is 3.41. The molecule has 29 heavy (non-hydrogen) atoms. The Balaban J connectivity index is 2.07. The van der Waals surface area contributed by atoms with Crippen molar-refractivity contribution in [1.82, 2.24) is 0 Å². The second kappa shape index (κ2) is 9.67. The molecule has 0 radical (unpaired) electrons. The molecule has 3 aromatic carbocycles. The van der Waals surface area contributed by atoms with E-state index in [1.165, 1.54) is 10.6 Å². The zero-order valence-corrected chi connectivity index (χ0v) is 18.1. The predicted molar refractivity (Wildman–Crippen MR) is 124 cm³/mol. The van der Waals surface area contributed by atoms with Crippen LogP contribution in [0.4, 0.5) is 0 Å². The van der Waals surface area contributed by atoms with Gasteiger partial charge in [-0.15, -0.1) is 0 Å². The lowest BCUT2D eigenvalue weighted by Gasteiger charge is -2.24. The molecule has 0 spiro atoms. The summed E-state index contributed by atoms with van der Waals surface area (Å²) in [6.45, 7) is 9.99. The number of carbonyl (C=O) groups excluding carboxylic acids is 1. The molecule has 0 saturated heterocycles. The van der Waals surface area contributed by atoms with E-state index in [0.717, 1.165) is 10.9 Å². The number of carbonyl (C=O) groups is 1. The summed E-state index contributed by atoms with van der Waals surface area (Å²) in [6, 6.07) is 28.5. The topological polar surface area (TPSA) is 26.3 Å². The van der Waals surface area contributed by atoms with E-state index in [-0.39, 0.29) is 18.0 Å². The van der Waals surface area contributed by atoms with Crippen molar-refractivity contribution < 1.29 is 9.53 Å². The van der Waals surface area contributed by atoms with E-state index in [1.807, 2.05) is 81.4 Å². The summed E-state index contributed by atoms with van der Waals surface area (Å²) in [5, 5.41) is 3.41. The molecule has 3 rings (SSSR count). The van der Waals surface area contributed by atoms with Gasteiger partial charge in [0.05, 0.1) is 5.56 Å². The van der Waals surface area contributed by atoms with Crippen molar-refractivity contribution in [2.24, 2.45) is 5.92 Å². The standard InChI is InChI=1S/C26H27O2P/c1-19(2)25(20(3)4)28-26(27)23-17-11-12-18-24(23)29(21-13-7-5-8-14-21)22-15-9-6-10-16-22/h5-18,20,25H,1H2,2-4H3/t25-/m0/s1. The molecule has 3 heteroatoms. The Morgan fingerprint density at radius 1 is 0.828 bits per heavy atom. The Morgan fingerprint density at radius 3 is 1.79 bits per heavy atom. The van der Waals surface area contributed by atoms with Gasteiger partial charge in [-0.25, -0.2) is 4.79 Å². The molecule has 0 aromatic heterocycles. The zero-order valence-electron chi connectivity index (χ0n) is 17.2. The van der Waals surface area contributed by atoms with Gasteiger partial charge >= 0.3 is 5.97 Å². The molecule has 0 aliphatic rings. The van der Waals surface area contributed by atoms with Crippen LogP contribution in [0.3, 0.4) is 0 Å². The van der Waals surface area contributed by atoms with Crippen LogP contribution in [0, 0.1) is 5.92 Å². The number of hydrogen-bond donors (Lipinski definition) is 0. The highest BCUT2D eigenvalue weighted by Crippen LogP contribution is 2.34. The van der Waals surface area contributed by atoms with Crippen LogP contribution in [0.25, 0.3) is 0 Å². The molecule has 0 aliphatic heterocycles. The fourth-order valence-corrected chi connectivity index (χ4v) is 5.84. The van der Waals surface area contributed by atoms with Gasteiger partial charge in [0.25, 0.3) is 0 Å². The van der Waals surface area contributed by atoms with Crippen LogP contribution in [0.1, 0.15) is 31.1 Å². The van der Waals surface area contributed by atoms with E-state index in [9.17, 15) is 4.79 Å². The van der Waals surface area contributed by atoms with E-state index in [0.29, 0.717) is 5.56 Å². The molecule has 0 bridgehead atoms. The number of hydrogen-bond acceptors (Lipinski definition) is 2. The van der Waals surface area contributed by atoms with Crippen molar-refractivity contribution in [3.8, 4) is 0 Å². The molecular formula is C26H27O2P. The lowest BCUT2D eigenvalue weighted by Crippen LogP contribution is -2.29. The maximum absolute atomic E-state index is 13.2. The summed E-state index contributed by atoms with van der Waals surface area (Å²) in [6.07, 6.45) is -0.296. The Hall–Kier alpha value is -2.70. The molecule has 3 aromatic rings. The molecule has 0 N–H and O–H groups in total. The monoisotopic (exact) mass is 402 g/mol. The first kappa shape index (κ1) is 21.0. The van der Waals surface area contributed by atoms with Gasteiger partial charge in [0, 0.05) is 0 Å². The Kier molecular flexibility index (Phi) is 7.01. The van der Waals surface area contributed by atoms with E-state index >= 15 is 0 Å². The first-order valence-corrected chi connectivity index (χ1v) is 11.2. The Bertz CT molecular complexity index is 925. The number of rotatable bonds is 7. The molecule has 0 fully saturated rings. The van der Waals surface area contributed by atoms with Crippen LogP contribution >= 0.6 is 7.92 Å². The lowest BCUT2D eigenvalue weighted by molar-refractivity contribution is 0.0284. The average Bonchev–Trinajstić information content (AvgIpc) is 2.73. The second-order valence-corrected chi connectivity index (χ2v) is 9.63. The molecule has 0 heterocycles. The van der Waals surface area contributed by atoms with Crippen LogP contribution < -0.4 is 15.9 Å². The van der Waals surface area contributed by atoms with Crippen LogP contribution in [-0.2, 0) is 4.74 Å². The molecule has 0 saturated carbocycles. The quantitative estimate of drug-likeness (QED) is 0.308. The minimum Gasteiger partial charge on any atom is -0.454 e. The van der Waals surface area contributed by atoms with E-state index in [2.05, 4.69) is 30.8 Å². The first-order valence-electron chi connectivity index (χ1n) is 9.84. The summed E-state index contributed by atoms with van der Waals surface area (Å²) in [5.41, 5.74) is 1.48. The fraction of sp³-hybridized carbons (Fsp3) is 0.192. The van der Waals surface area contributed by atoms with E-state index in [4.69, 9.17) is 4.74 Å². The Labute approximate surface area is 175 Å². The van der Waals surface area contributed by atoms with Gasteiger partial charge in [0.15, 0.2) is 0 Å². The van der Waals surface area contributed by atoms with Crippen molar-refractivity contribution >= 4 is 29.8 Å². The summed E-state index contributed by atoms with van der Waals surface area (Å²) in [7, 11) is -0.878. The molecule has 148 valence electrons. The van der Waals surface area contributed by atoms with E-state index < -0.39 is 7.92 Å². The third-order valence-corrected chi connectivity index (χ3v) is 7.22. The maximum atomic E-state index is 13.2. The number of ether oxygens (including phenoxy) is 1. The Morgan fingerprint density at radius 2 is 1.31 bits per heavy atom. The molecule has 1 atom stereocenters. The van der Waals surface area contributed by atoms with Gasteiger partial charge in [-0.2, -0.15) is 0 Å². The van der Waals surface area contributed by atoms with E-state index in [1.54, 1.807) is 0 Å². The highest BCUT2D eigenvalue weighted by molar-refractivity contribution is 7.80. The molecule has 0 amide bonds. The smallest absolute Gasteiger partial charge is 0.339 e. The first-order chi connectivity index (χ1) is 14.0. The van der Waals surface area contributed by atoms with Gasteiger partial charge in [-0.05, 0) is 48.3 Å². The minimum atomic E-state index is -0.878. The van der Waals surface area contributed by atoms with Crippen molar-refractivity contribution in [3.63, 3.8) is 0 Å². The van der Waals surface area contributed by atoms with Crippen LogP contribution in [0.5, 0.6) is 0 Å². The van der Waals surface area contributed by atoms with Gasteiger partial charge < -0.3 is 4.74 Å². The second-order valence-electron chi connectivity index (χ2n) is 7.44. The van der Waals surface area contributed by atoms with Gasteiger partial charge in [0.2, 0.25) is 0 Å². The van der Waals surface area contributed by atoms with Gasteiger partial charge in [-0.3, -0.25) is 0 Å². The highest BCUT2D eigenvalue weighted by Gasteiger charge is 2.26. The van der Waals surface area contributed by atoms with Crippen molar-refractivity contribution in [1.29, 1.82) is 0 Å². The normalized spacial score (nSPS) is 12.0. The number of benzene rings is 3. The summed E-state index contributed by atoms with van der Waals surface area (Å²) >= 11 is 0. The van der Waals surface area contributed by atoms with Gasteiger partial charge in [-0.1, -0.05) is 99.3 Å². The third kappa shape index (κ3) is 5.02. The molecule has 0 unspecified atom stereocenters. The van der Waals surface area contributed by atoms with Crippen LogP contribution in [-0.4, -0.2) is 12.1 Å².